The molecule has 4 rings (SSSR count). The summed E-state index contributed by atoms with van der Waals surface area (Å²) in [5.41, 5.74) is -1.75. The van der Waals surface area contributed by atoms with Crippen molar-refractivity contribution >= 4 is 17.7 Å². The number of hydrogen-bond acceptors (Lipinski definition) is 5. The van der Waals surface area contributed by atoms with Gasteiger partial charge in [-0.05, 0) is 37.0 Å². The molecule has 1 aliphatic carbocycles. The number of amides is 3. The second-order valence-corrected chi connectivity index (χ2v) is 9.37. The van der Waals surface area contributed by atoms with Crippen LogP contribution in [0.5, 0.6) is 5.75 Å². The van der Waals surface area contributed by atoms with Crippen LogP contribution in [0.3, 0.4) is 0 Å². The number of aromatic nitrogens is 2. The first-order valence-electron chi connectivity index (χ1n) is 11.6. The quantitative estimate of drug-likeness (QED) is 0.571. The van der Waals surface area contributed by atoms with Gasteiger partial charge >= 0.3 is 6.18 Å². The highest BCUT2D eigenvalue weighted by atomic mass is 19.4. The first-order valence-corrected chi connectivity index (χ1v) is 11.6. The molecule has 0 spiro atoms. The zero-order chi connectivity index (χ0) is 26.3. The van der Waals surface area contributed by atoms with Gasteiger partial charge < -0.3 is 19.9 Å². The summed E-state index contributed by atoms with van der Waals surface area (Å²) in [6.07, 6.45) is -3.19. The lowest BCUT2D eigenvalue weighted by molar-refractivity contribution is -0.142. The number of H-pyrrole nitrogens is 1. The molecule has 1 unspecified atom stereocenters. The van der Waals surface area contributed by atoms with Crippen molar-refractivity contribution in [3.8, 4) is 5.75 Å². The molecule has 1 atom stereocenters. The minimum Gasteiger partial charge on any atom is -0.497 e. The predicted molar refractivity (Wildman–Crippen MR) is 122 cm³/mol. The van der Waals surface area contributed by atoms with Crippen molar-refractivity contribution in [2.24, 2.45) is 0 Å². The summed E-state index contributed by atoms with van der Waals surface area (Å²) in [4.78, 5) is 40.6. The van der Waals surface area contributed by atoms with E-state index in [9.17, 15) is 27.6 Å². The van der Waals surface area contributed by atoms with Crippen LogP contribution < -0.4 is 10.1 Å². The number of fused-ring (bicyclic) bond motifs is 1. The van der Waals surface area contributed by atoms with Crippen LogP contribution in [-0.2, 0) is 15.8 Å². The van der Waals surface area contributed by atoms with Gasteiger partial charge in [0.2, 0.25) is 11.8 Å². The molecular weight excluding hydrogens is 479 g/mol. The topological polar surface area (TPSA) is 108 Å². The third-order valence-corrected chi connectivity index (χ3v) is 6.62. The Labute approximate surface area is 206 Å². The molecule has 1 aliphatic heterocycles. The fourth-order valence-corrected chi connectivity index (χ4v) is 4.62. The van der Waals surface area contributed by atoms with Crippen molar-refractivity contribution in [2.45, 2.75) is 43.3 Å². The minimum atomic E-state index is -4.70. The third kappa shape index (κ3) is 4.89. The van der Waals surface area contributed by atoms with Crippen molar-refractivity contribution in [2.75, 3.05) is 34.3 Å². The van der Waals surface area contributed by atoms with Crippen LogP contribution in [0.15, 0.2) is 24.3 Å². The number of rotatable bonds is 8. The Kier molecular flexibility index (Phi) is 6.72. The van der Waals surface area contributed by atoms with Gasteiger partial charge in [-0.2, -0.15) is 18.3 Å². The lowest BCUT2D eigenvalue weighted by atomic mass is 9.85. The van der Waals surface area contributed by atoms with Gasteiger partial charge in [0.25, 0.3) is 5.91 Å². The van der Waals surface area contributed by atoms with Crippen molar-refractivity contribution in [1.82, 2.24) is 25.3 Å². The number of hydrogen-bond donors (Lipinski definition) is 2. The van der Waals surface area contributed by atoms with E-state index < -0.39 is 29.2 Å². The van der Waals surface area contributed by atoms with Crippen molar-refractivity contribution in [3.63, 3.8) is 0 Å². The normalized spacial score (nSPS) is 18.4. The van der Waals surface area contributed by atoms with Gasteiger partial charge in [-0.3, -0.25) is 19.5 Å². The van der Waals surface area contributed by atoms with E-state index in [1.165, 1.54) is 16.9 Å². The molecule has 1 saturated carbocycles. The maximum absolute atomic E-state index is 13.7. The number of aromatic amines is 1. The van der Waals surface area contributed by atoms with Crippen LogP contribution in [0.2, 0.25) is 0 Å². The molecule has 1 aromatic carbocycles. The van der Waals surface area contributed by atoms with E-state index in [0.717, 1.165) is 0 Å². The lowest BCUT2D eigenvalue weighted by Gasteiger charge is -2.33. The number of methoxy groups -OCH3 is 1. The molecule has 12 heteroatoms. The van der Waals surface area contributed by atoms with Crippen molar-refractivity contribution < 1.29 is 32.3 Å². The van der Waals surface area contributed by atoms with Crippen LogP contribution in [0, 0.1) is 0 Å². The van der Waals surface area contributed by atoms with Gasteiger partial charge in [-0.25, -0.2) is 0 Å². The third-order valence-electron chi connectivity index (χ3n) is 6.62. The molecule has 0 radical (unpaired) electrons. The fourth-order valence-electron chi connectivity index (χ4n) is 4.62. The maximum Gasteiger partial charge on any atom is 0.433 e. The highest BCUT2D eigenvalue weighted by Crippen LogP contribution is 2.41. The maximum atomic E-state index is 13.7. The summed E-state index contributed by atoms with van der Waals surface area (Å²) >= 11 is 0. The molecular formula is C24H28F3N5O4. The smallest absolute Gasteiger partial charge is 0.433 e. The Balaban J connectivity index is 1.49. The largest absolute Gasteiger partial charge is 0.497 e. The Bertz CT molecular complexity index is 1160. The summed E-state index contributed by atoms with van der Waals surface area (Å²) in [5.74, 6) is -1.30. The standard InChI is InChI=1S/C24H28F3N5O4/c1-31(2)22(35)23(10-11-23)28-17(33)5-4-12-32-13-16(14-6-8-15(36-3)9-7-14)18-19(21(32)34)29-30-20(18)24(25,26)27/h6-9,16H,4-5,10-13H2,1-3H3,(H,28,33)(H,29,30). The Morgan fingerprint density at radius 3 is 2.47 bits per heavy atom. The molecule has 2 N–H and O–H groups in total. The number of benzene rings is 1. The number of carbonyl (C=O) groups excluding carboxylic acids is 3. The summed E-state index contributed by atoms with van der Waals surface area (Å²) in [6.45, 7) is 0.159. The zero-order valence-corrected chi connectivity index (χ0v) is 20.2. The van der Waals surface area contributed by atoms with Gasteiger partial charge in [0.15, 0.2) is 5.69 Å². The number of alkyl halides is 3. The molecule has 1 fully saturated rings. The highest BCUT2D eigenvalue weighted by Gasteiger charge is 2.52. The van der Waals surface area contributed by atoms with E-state index in [0.29, 0.717) is 24.2 Å². The molecule has 2 aromatic rings. The van der Waals surface area contributed by atoms with Crippen LogP contribution in [0.4, 0.5) is 13.2 Å². The Morgan fingerprint density at radius 1 is 1.25 bits per heavy atom. The number of nitrogens with one attached hydrogen (secondary N) is 2. The summed E-state index contributed by atoms with van der Waals surface area (Å²) in [5, 5.41) is 8.52. The molecule has 0 bridgehead atoms. The number of nitrogens with zero attached hydrogens (tertiary/aromatic N) is 3. The summed E-state index contributed by atoms with van der Waals surface area (Å²) < 4.78 is 46.2. The predicted octanol–water partition coefficient (Wildman–Crippen LogP) is 2.54. The minimum absolute atomic E-state index is 0.00540. The second kappa shape index (κ2) is 9.47. The SMILES string of the molecule is COc1ccc(C2CN(CCCC(=O)NC3(C(=O)N(C)C)CC3)C(=O)c3n[nH]c(C(F)(F)F)c32)cc1. The average Bonchev–Trinajstić information content (AvgIpc) is 3.45. The van der Waals surface area contributed by atoms with E-state index in [4.69, 9.17) is 4.74 Å². The van der Waals surface area contributed by atoms with Gasteiger partial charge in [-0.1, -0.05) is 12.1 Å². The van der Waals surface area contributed by atoms with E-state index in [-0.39, 0.29) is 49.0 Å². The van der Waals surface area contributed by atoms with E-state index in [1.807, 2.05) is 5.10 Å². The average molecular weight is 508 g/mol. The van der Waals surface area contributed by atoms with Gasteiger partial charge in [-0.15, -0.1) is 0 Å². The van der Waals surface area contributed by atoms with Crippen LogP contribution >= 0.6 is 0 Å². The second-order valence-electron chi connectivity index (χ2n) is 9.37. The summed E-state index contributed by atoms with van der Waals surface area (Å²) in [7, 11) is 4.75. The number of carbonyl (C=O) groups is 3. The molecule has 36 heavy (non-hydrogen) atoms. The zero-order valence-electron chi connectivity index (χ0n) is 20.2. The van der Waals surface area contributed by atoms with Gasteiger partial charge in [0.05, 0.1) is 7.11 Å². The number of ether oxygens (including phenoxy) is 1. The van der Waals surface area contributed by atoms with Gasteiger partial charge in [0.1, 0.15) is 17.0 Å². The van der Waals surface area contributed by atoms with E-state index in [1.54, 1.807) is 38.4 Å². The molecule has 194 valence electrons. The van der Waals surface area contributed by atoms with E-state index >= 15 is 0 Å². The molecule has 2 heterocycles. The molecule has 3 amide bonds. The summed E-state index contributed by atoms with van der Waals surface area (Å²) in [6, 6.07) is 6.63. The van der Waals surface area contributed by atoms with E-state index in [2.05, 4.69) is 10.4 Å². The van der Waals surface area contributed by atoms with Crippen molar-refractivity contribution in [1.29, 1.82) is 0 Å². The number of halogens is 3. The number of likely N-dealkylation sites (N-methyl/N-ethyl adjacent to an activating group) is 1. The van der Waals surface area contributed by atoms with Gasteiger partial charge in [0, 0.05) is 45.1 Å². The molecule has 1 aromatic heterocycles. The first-order chi connectivity index (χ1) is 17.0. The van der Waals surface area contributed by atoms with Crippen LogP contribution in [-0.4, -0.2) is 77.6 Å². The Hall–Kier alpha value is -3.57. The highest BCUT2D eigenvalue weighted by molar-refractivity contribution is 5.96. The first kappa shape index (κ1) is 25.5. The molecule has 2 aliphatic rings. The lowest BCUT2D eigenvalue weighted by Crippen LogP contribution is -2.48. The Morgan fingerprint density at radius 2 is 1.92 bits per heavy atom. The van der Waals surface area contributed by atoms with Crippen LogP contribution in [0.1, 0.15) is 58.9 Å². The molecule has 0 saturated heterocycles. The van der Waals surface area contributed by atoms with Crippen molar-refractivity contribution in [3.05, 3.63) is 46.8 Å². The monoisotopic (exact) mass is 507 g/mol. The fraction of sp³-hybridized carbons (Fsp3) is 0.500. The molecule has 9 nitrogen and oxygen atoms in total. The van der Waals surface area contributed by atoms with Crippen LogP contribution in [0.25, 0.3) is 0 Å².